The van der Waals surface area contributed by atoms with Crippen LogP contribution in [0.2, 0.25) is 0 Å². The summed E-state index contributed by atoms with van der Waals surface area (Å²) in [5.41, 5.74) is 2.69. The van der Waals surface area contributed by atoms with Gasteiger partial charge in [-0.15, -0.1) is 0 Å². The Morgan fingerprint density at radius 1 is 1.22 bits per heavy atom. The first-order chi connectivity index (χ1) is 13.1. The summed E-state index contributed by atoms with van der Waals surface area (Å²) in [5, 5.41) is 10.5. The summed E-state index contributed by atoms with van der Waals surface area (Å²) in [4.78, 5) is 16.9. The molecule has 0 saturated carbocycles. The molecule has 7 heteroatoms. The van der Waals surface area contributed by atoms with Gasteiger partial charge in [-0.1, -0.05) is 45.5 Å². The Labute approximate surface area is 168 Å². The molecule has 2 aromatic carbocycles. The summed E-state index contributed by atoms with van der Waals surface area (Å²) in [6, 6.07) is 15.2. The van der Waals surface area contributed by atoms with Crippen molar-refractivity contribution in [2.45, 2.75) is 6.54 Å². The third-order valence-corrected chi connectivity index (χ3v) is 5.53. The lowest BCUT2D eigenvalue weighted by atomic mass is 10.1. The van der Waals surface area contributed by atoms with E-state index in [9.17, 15) is 9.90 Å². The zero-order valence-electron chi connectivity index (χ0n) is 14.1. The molecule has 1 aromatic heterocycles. The van der Waals surface area contributed by atoms with Gasteiger partial charge in [0.05, 0.1) is 17.1 Å². The second-order valence-corrected chi connectivity index (χ2v) is 7.80. The Kier molecular flexibility index (Phi) is 4.96. The fourth-order valence-corrected chi connectivity index (χ4v) is 4.02. The second-order valence-electron chi connectivity index (χ2n) is 5.89. The summed E-state index contributed by atoms with van der Waals surface area (Å²) in [6.45, 7) is 0.566. The summed E-state index contributed by atoms with van der Waals surface area (Å²) >= 11 is 4.46. The Hall–Kier alpha value is -2.64. The van der Waals surface area contributed by atoms with Crippen molar-refractivity contribution in [1.29, 1.82) is 0 Å². The van der Waals surface area contributed by atoms with Crippen LogP contribution in [-0.2, 0) is 6.54 Å². The van der Waals surface area contributed by atoms with Crippen LogP contribution in [0.4, 0.5) is 5.69 Å². The molecule has 0 radical (unpaired) electrons. The van der Waals surface area contributed by atoms with Crippen molar-refractivity contribution in [2.24, 2.45) is 4.99 Å². The van der Waals surface area contributed by atoms with Gasteiger partial charge >= 0.3 is 4.87 Å². The van der Waals surface area contributed by atoms with Gasteiger partial charge in [0.2, 0.25) is 5.88 Å². The molecule has 0 fully saturated rings. The van der Waals surface area contributed by atoms with Crippen molar-refractivity contribution < 1.29 is 9.84 Å². The van der Waals surface area contributed by atoms with Gasteiger partial charge in [-0.3, -0.25) is 14.4 Å². The molecule has 0 bridgehead atoms. The van der Waals surface area contributed by atoms with E-state index in [0.29, 0.717) is 11.5 Å². The van der Waals surface area contributed by atoms with Gasteiger partial charge in [-0.25, -0.2) is 0 Å². The van der Waals surface area contributed by atoms with Crippen molar-refractivity contribution in [3.05, 3.63) is 73.1 Å². The van der Waals surface area contributed by atoms with Crippen molar-refractivity contribution in [3.63, 3.8) is 0 Å². The zero-order chi connectivity index (χ0) is 18.8. The molecule has 27 heavy (non-hydrogen) atoms. The van der Waals surface area contributed by atoms with E-state index >= 15 is 0 Å². The van der Waals surface area contributed by atoms with Crippen LogP contribution in [0.5, 0.6) is 11.6 Å². The van der Waals surface area contributed by atoms with Crippen LogP contribution in [0.1, 0.15) is 10.4 Å². The molecular formula is C20H15BrN2O3S. The maximum Gasteiger partial charge on any atom is 0.310 e. The summed E-state index contributed by atoms with van der Waals surface area (Å²) < 4.78 is 7.89. The van der Waals surface area contributed by atoms with Gasteiger partial charge in [0.15, 0.2) is 0 Å². The van der Waals surface area contributed by atoms with Crippen LogP contribution < -0.4 is 9.61 Å². The predicted molar refractivity (Wildman–Crippen MR) is 112 cm³/mol. The Morgan fingerprint density at radius 2 is 2.04 bits per heavy atom. The van der Waals surface area contributed by atoms with Crippen molar-refractivity contribution >= 4 is 50.8 Å². The smallest absolute Gasteiger partial charge is 0.310 e. The Balaban J connectivity index is 1.55. The molecule has 3 aromatic rings. The molecule has 0 atom stereocenters. The maximum absolute atomic E-state index is 12.3. The quantitative estimate of drug-likeness (QED) is 0.621. The van der Waals surface area contributed by atoms with Crippen LogP contribution in [0.3, 0.4) is 0 Å². The minimum absolute atomic E-state index is 0.0500. The molecule has 2 heterocycles. The summed E-state index contributed by atoms with van der Waals surface area (Å²) in [7, 11) is 0. The molecule has 4 rings (SSSR count). The number of thiazole rings is 1. The molecule has 0 spiro atoms. The number of aliphatic imine (C=N–C) groups is 1. The number of halogens is 1. The predicted octanol–water partition coefficient (Wildman–Crippen LogP) is 4.71. The first-order valence-electron chi connectivity index (χ1n) is 8.28. The zero-order valence-corrected chi connectivity index (χ0v) is 16.5. The fraction of sp³-hybridized carbons (Fsp3) is 0.100. The lowest BCUT2D eigenvalue weighted by Crippen LogP contribution is -2.17. The largest absolute Gasteiger partial charge is 0.493 e. The second kappa shape index (κ2) is 7.54. The van der Waals surface area contributed by atoms with E-state index in [2.05, 4.69) is 20.9 Å². The highest BCUT2D eigenvalue weighted by molar-refractivity contribution is 9.10. The summed E-state index contributed by atoms with van der Waals surface area (Å²) in [5.74, 6) is 0.679. The average molecular weight is 443 g/mol. The minimum atomic E-state index is -0.222. The van der Waals surface area contributed by atoms with Gasteiger partial charge < -0.3 is 9.84 Å². The number of nitrogens with zero attached hydrogens (tertiary/aromatic N) is 2. The van der Waals surface area contributed by atoms with E-state index in [1.54, 1.807) is 12.3 Å². The lowest BCUT2D eigenvalue weighted by Gasteiger charge is -2.07. The number of para-hydroxylation sites is 1. The summed E-state index contributed by atoms with van der Waals surface area (Å²) in [6.07, 6.45) is 3.53. The maximum atomic E-state index is 12.3. The number of hydrogen-bond donors (Lipinski definition) is 1. The number of allylic oxidation sites excluding steroid dienone is 1. The SMILES string of the molecule is O=c1sc(C=C2C=Nc3ccc(Br)cc32)c(O)n1CCOc1ccccc1. The van der Waals surface area contributed by atoms with Crippen LogP contribution in [0.25, 0.3) is 11.6 Å². The molecule has 0 saturated heterocycles. The number of hydrogen-bond acceptors (Lipinski definition) is 5. The van der Waals surface area contributed by atoms with E-state index in [0.717, 1.165) is 38.4 Å². The van der Waals surface area contributed by atoms with E-state index in [-0.39, 0.29) is 17.3 Å². The van der Waals surface area contributed by atoms with Crippen molar-refractivity contribution in [1.82, 2.24) is 4.57 Å². The minimum Gasteiger partial charge on any atom is -0.493 e. The lowest BCUT2D eigenvalue weighted by molar-refractivity contribution is 0.286. The number of rotatable bonds is 5. The van der Waals surface area contributed by atoms with Crippen LogP contribution in [0, 0.1) is 0 Å². The molecule has 136 valence electrons. The molecule has 0 unspecified atom stereocenters. The number of aromatic hydroxyl groups is 1. The van der Waals surface area contributed by atoms with E-state index in [1.807, 2.05) is 48.5 Å². The highest BCUT2D eigenvalue weighted by Crippen LogP contribution is 2.36. The number of ether oxygens (including phenoxy) is 1. The Bertz CT molecular complexity index is 1100. The van der Waals surface area contributed by atoms with Crippen LogP contribution in [0.15, 0.2) is 62.8 Å². The van der Waals surface area contributed by atoms with Crippen molar-refractivity contribution in [2.75, 3.05) is 6.61 Å². The number of fused-ring (bicyclic) bond motifs is 1. The van der Waals surface area contributed by atoms with Crippen LogP contribution >= 0.6 is 27.3 Å². The molecular weight excluding hydrogens is 428 g/mol. The normalized spacial score (nSPS) is 13.9. The van der Waals surface area contributed by atoms with Gasteiger partial charge in [0, 0.05) is 21.8 Å². The fourth-order valence-electron chi connectivity index (χ4n) is 2.79. The van der Waals surface area contributed by atoms with E-state index < -0.39 is 0 Å². The van der Waals surface area contributed by atoms with Gasteiger partial charge in [0.25, 0.3) is 0 Å². The third kappa shape index (κ3) is 3.74. The van der Waals surface area contributed by atoms with Gasteiger partial charge in [0.1, 0.15) is 12.4 Å². The topological polar surface area (TPSA) is 63.8 Å². The van der Waals surface area contributed by atoms with Crippen LogP contribution in [-0.4, -0.2) is 22.5 Å². The molecule has 5 nitrogen and oxygen atoms in total. The number of aromatic nitrogens is 1. The first kappa shape index (κ1) is 17.8. The van der Waals surface area contributed by atoms with Gasteiger partial charge in [-0.05, 0) is 36.4 Å². The monoisotopic (exact) mass is 442 g/mol. The van der Waals surface area contributed by atoms with Crippen molar-refractivity contribution in [3.8, 4) is 11.6 Å². The molecule has 0 aliphatic carbocycles. The molecule has 1 aliphatic heterocycles. The number of benzene rings is 2. The molecule has 1 aliphatic rings. The highest BCUT2D eigenvalue weighted by atomic mass is 79.9. The third-order valence-electron chi connectivity index (χ3n) is 4.12. The first-order valence-corrected chi connectivity index (χ1v) is 9.89. The standard InChI is InChI=1S/C20H15BrN2O3S/c21-14-6-7-17-16(11-14)13(12-22-17)10-18-19(24)23(20(25)27-18)8-9-26-15-4-2-1-3-5-15/h1-7,10-12,24H,8-9H2. The average Bonchev–Trinajstić information content (AvgIpc) is 3.18. The molecule has 0 amide bonds. The van der Waals surface area contributed by atoms with Gasteiger partial charge in [-0.2, -0.15) is 0 Å². The molecule has 1 N–H and O–H groups in total. The van der Waals surface area contributed by atoms with E-state index in [1.165, 1.54) is 4.57 Å². The highest BCUT2D eigenvalue weighted by Gasteiger charge is 2.17. The Morgan fingerprint density at radius 3 is 2.85 bits per heavy atom. The van der Waals surface area contributed by atoms with E-state index in [4.69, 9.17) is 4.74 Å².